The molecule has 1 N–H and O–H groups in total. The zero-order valence-electron chi connectivity index (χ0n) is 18.5. The predicted molar refractivity (Wildman–Crippen MR) is 124 cm³/mol. The van der Waals surface area contributed by atoms with Gasteiger partial charge in [-0.3, -0.25) is 0 Å². The Morgan fingerprint density at radius 2 is 2.15 bits per heavy atom. The van der Waals surface area contributed by atoms with E-state index < -0.39 is 5.72 Å². The van der Waals surface area contributed by atoms with Gasteiger partial charge in [-0.25, -0.2) is 9.37 Å². The molecular weight excluding hydrogens is 421 g/mol. The van der Waals surface area contributed by atoms with E-state index in [-0.39, 0.29) is 5.82 Å². The maximum absolute atomic E-state index is 13.7. The summed E-state index contributed by atoms with van der Waals surface area (Å²) in [7, 11) is 1.67. The van der Waals surface area contributed by atoms with Crippen LogP contribution in [0.25, 0.3) is 11.8 Å². The maximum Gasteiger partial charge on any atom is 0.256 e. The van der Waals surface area contributed by atoms with Crippen molar-refractivity contribution in [2.75, 3.05) is 25.5 Å². The number of hydrogen-bond acceptors (Lipinski definition) is 6. The number of nitrogens with zero attached hydrogens (tertiary/aromatic N) is 4. The van der Waals surface area contributed by atoms with Gasteiger partial charge < -0.3 is 24.4 Å². The molecule has 3 aromatic rings. The molecule has 0 aliphatic carbocycles. The van der Waals surface area contributed by atoms with Gasteiger partial charge in [0.2, 0.25) is 0 Å². The third-order valence-electron chi connectivity index (χ3n) is 6.55. The molecule has 168 valence electrons. The van der Waals surface area contributed by atoms with Crippen LogP contribution >= 0.6 is 0 Å². The Hall–Kier alpha value is -3.81. The topological polar surface area (TPSA) is 63.9 Å². The van der Waals surface area contributed by atoms with Crippen LogP contribution in [0.3, 0.4) is 0 Å². The lowest BCUT2D eigenvalue weighted by molar-refractivity contribution is -0.0902. The minimum absolute atomic E-state index is 0.264. The molecule has 0 bridgehead atoms. The molecule has 3 aliphatic rings. The molecule has 4 heterocycles. The Kier molecular flexibility index (Phi) is 4.43. The molecule has 8 heteroatoms. The Balaban J connectivity index is 1.33. The summed E-state index contributed by atoms with van der Waals surface area (Å²) in [6.45, 7) is 3.32. The number of aromatic nitrogens is 2. The van der Waals surface area contributed by atoms with Crippen LogP contribution in [-0.2, 0) is 10.6 Å². The monoisotopic (exact) mass is 445 g/mol. The van der Waals surface area contributed by atoms with Crippen molar-refractivity contribution in [3.8, 4) is 11.4 Å². The van der Waals surface area contributed by atoms with Crippen molar-refractivity contribution in [1.82, 2.24) is 14.5 Å². The molecule has 1 atom stereocenters. The van der Waals surface area contributed by atoms with Crippen molar-refractivity contribution in [2.24, 2.45) is 5.16 Å². The van der Waals surface area contributed by atoms with Crippen LogP contribution in [0.4, 0.5) is 10.1 Å². The third kappa shape index (κ3) is 3.08. The van der Waals surface area contributed by atoms with Gasteiger partial charge in [-0.15, -0.1) is 0 Å². The summed E-state index contributed by atoms with van der Waals surface area (Å²) in [5.41, 5.74) is 4.99. The van der Waals surface area contributed by atoms with Crippen LogP contribution in [0.2, 0.25) is 0 Å². The predicted octanol–water partition coefficient (Wildman–Crippen LogP) is 4.43. The normalized spacial score (nSPS) is 22.1. The van der Waals surface area contributed by atoms with Gasteiger partial charge in [0.15, 0.2) is 5.84 Å². The van der Waals surface area contributed by atoms with Gasteiger partial charge in [0.05, 0.1) is 31.4 Å². The number of aryl methyl sites for hydroxylation is 1. The van der Waals surface area contributed by atoms with E-state index in [1.165, 1.54) is 12.1 Å². The number of nitrogens with one attached hydrogen (secondary N) is 1. The summed E-state index contributed by atoms with van der Waals surface area (Å²) in [6, 6.07) is 10.9. The number of amidine groups is 1. The Morgan fingerprint density at radius 1 is 1.24 bits per heavy atom. The van der Waals surface area contributed by atoms with Crippen molar-refractivity contribution >= 4 is 17.6 Å². The smallest absolute Gasteiger partial charge is 0.256 e. The van der Waals surface area contributed by atoms with Crippen molar-refractivity contribution in [3.63, 3.8) is 0 Å². The van der Waals surface area contributed by atoms with Gasteiger partial charge in [0, 0.05) is 24.0 Å². The highest BCUT2D eigenvalue weighted by molar-refractivity contribution is 6.03. The third-order valence-corrected chi connectivity index (χ3v) is 6.55. The second-order valence-corrected chi connectivity index (χ2v) is 8.61. The highest BCUT2D eigenvalue weighted by atomic mass is 19.1. The van der Waals surface area contributed by atoms with Crippen molar-refractivity contribution in [3.05, 3.63) is 77.1 Å². The second kappa shape index (κ2) is 7.37. The number of imidazole rings is 1. The first-order valence-electron chi connectivity index (χ1n) is 11.0. The van der Waals surface area contributed by atoms with Crippen molar-refractivity contribution < 1.29 is 14.0 Å². The van der Waals surface area contributed by atoms with E-state index in [1.54, 1.807) is 19.5 Å². The Labute approximate surface area is 191 Å². The average molecular weight is 445 g/mol. The molecule has 1 aromatic heterocycles. The van der Waals surface area contributed by atoms with Gasteiger partial charge in [0.1, 0.15) is 11.6 Å². The number of methoxy groups -OCH3 is 1. The maximum atomic E-state index is 13.7. The SMILES string of the molecule is COc1cc(/C=C2\CCCN3C2=NOC32CNc3cc(F)ccc32)ccc1-n1cnc(C)c1. The number of piperidine rings is 1. The number of oxime groups is 1. The minimum atomic E-state index is -0.724. The molecule has 0 amide bonds. The molecule has 1 fully saturated rings. The highest BCUT2D eigenvalue weighted by Crippen LogP contribution is 2.46. The molecule has 0 radical (unpaired) electrons. The summed E-state index contributed by atoms with van der Waals surface area (Å²) in [4.78, 5) is 12.6. The molecule has 6 rings (SSSR count). The molecule has 1 spiro atoms. The van der Waals surface area contributed by atoms with E-state index >= 15 is 0 Å². The van der Waals surface area contributed by atoms with Crippen molar-refractivity contribution in [1.29, 1.82) is 0 Å². The Bertz CT molecular complexity index is 1310. The van der Waals surface area contributed by atoms with Crippen LogP contribution in [0.5, 0.6) is 5.75 Å². The molecule has 7 nitrogen and oxygen atoms in total. The summed E-state index contributed by atoms with van der Waals surface area (Å²) < 4.78 is 21.4. The molecule has 3 aliphatic heterocycles. The quantitative estimate of drug-likeness (QED) is 0.646. The number of rotatable bonds is 3. The van der Waals surface area contributed by atoms with E-state index in [4.69, 9.17) is 9.57 Å². The fraction of sp³-hybridized carbons (Fsp3) is 0.280. The number of halogens is 1. The van der Waals surface area contributed by atoms with Crippen LogP contribution in [0, 0.1) is 12.7 Å². The van der Waals surface area contributed by atoms with Crippen molar-refractivity contribution in [2.45, 2.75) is 25.5 Å². The number of hydrogen-bond donors (Lipinski definition) is 1. The molecule has 33 heavy (non-hydrogen) atoms. The first-order valence-corrected chi connectivity index (χ1v) is 11.0. The first-order chi connectivity index (χ1) is 16.1. The Morgan fingerprint density at radius 3 is 2.97 bits per heavy atom. The van der Waals surface area contributed by atoms with Gasteiger partial charge in [0.25, 0.3) is 5.72 Å². The summed E-state index contributed by atoms with van der Waals surface area (Å²) >= 11 is 0. The number of ether oxygens (including phenoxy) is 1. The number of benzene rings is 2. The van der Waals surface area contributed by atoms with E-state index in [0.29, 0.717) is 6.54 Å². The van der Waals surface area contributed by atoms with E-state index in [0.717, 1.165) is 64.7 Å². The minimum Gasteiger partial charge on any atom is -0.495 e. The van der Waals surface area contributed by atoms with E-state index in [1.807, 2.05) is 29.8 Å². The number of anilines is 1. The molecule has 1 saturated heterocycles. The fourth-order valence-corrected chi connectivity index (χ4v) is 4.97. The summed E-state index contributed by atoms with van der Waals surface area (Å²) in [5, 5.41) is 7.79. The van der Waals surface area contributed by atoms with Gasteiger partial charge in [-0.2, -0.15) is 0 Å². The molecule has 0 saturated carbocycles. The highest BCUT2D eigenvalue weighted by Gasteiger charge is 2.53. The van der Waals surface area contributed by atoms with Gasteiger partial charge in [-0.1, -0.05) is 11.2 Å². The lowest BCUT2D eigenvalue weighted by atomic mass is 9.95. The lowest BCUT2D eigenvalue weighted by Crippen LogP contribution is -2.50. The lowest BCUT2D eigenvalue weighted by Gasteiger charge is -2.37. The average Bonchev–Trinajstić information content (AvgIpc) is 3.52. The molecule has 2 aromatic carbocycles. The van der Waals surface area contributed by atoms with Crippen LogP contribution in [0.15, 0.2) is 59.7 Å². The van der Waals surface area contributed by atoms with Crippen LogP contribution in [0.1, 0.15) is 29.7 Å². The van der Waals surface area contributed by atoms with Crippen LogP contribution < -0.4 is 10.1 Å². The second-order valence-electron chi connectivity index (χ2n) is 8.61. The van der Waals surface area contributed by atoms with Crippen LogP contribution in [-0.4, -0.2) is 40.5 Å². The standard InChI is InChI=1S/C25H24FN5O2/c1-16-13-30(15-28-16)22-8-5-17(11-23(22)32-2)10-18-4-3-9-31-24(18)29-33-25(31)14-27-21-12-19(26)6-7-20(21)25/h5-8,10-13,15,27H,3-4,9,14H2,1-2H3/b18-10+. The molecule has 1 unspecified atom stereocenters. The van der Waals surface area contributed by atoms with Gasteiger partial charge in [-0.05, 0) is 67.3 Å². The number of fused-ring (bicyclic) bond motifs is 4. The van der Waals surface area contributed by atoms with E-state index in [2.05, 4.69) is 32.5 Å². The molecular formula is C25H24FN5O2. The van der Waals surface area contributed by atoms with Gasteiger partial charge >= 0.3 is 0 Å². The van der Waals surface area contributed by atoms with E-state index in [9.17, 15) is 4.39 Å². The fourth-order valence-electron chi connectivity index (χ4n) is 4.97. The first kappa shape index (κ1) is 19.8. The zero-order chi connectivity index (χ0) is 22.6. The summed E-state index contributed by atoms with van der Waals surface area (Å²) in [6.07, 6.45) is 7.79. The largest absolute Gasteiger partial charge is 0.495 e. The zero-order valence-corrected chi connectivity index (χ0v) is 18.5. The summed E-state index contributed by atoms with van der Waals surface area (Å²) in [5.74, 6) is 1.35.